The van der Waals surface area contributed by atoms with Gasteiger partial charge in [0, 0.05) is 12.7 Å². The van der Waals surface area contributed by atoms with Crippen molar-refractivity contribution in [3.8, 4) is 5.75 Å². The number of amides is 2. The number of halogens is 1. The first kappa shape index (κ1) is 20.1. The molecule has 1 aromatic carbocycles. The summed E-state index contributed by atoms with van der Waals surface area (Å²) < 4.78 is 5.10. The second kappa shape index (κ2) is 9.45. The Morgan fingerprint density at radius 2 is 2.12 bits per heavy atom. The number of nitrogens with zero attached hydrogens (tertiary/aromatic N) is 2. The van der Waals surface area contributed by atoms with E-state index in [2.05, 4.69) is 20.6 Å². The van der Waals surface area contributed by atoms with E-state index in [0.717, 1.165) is 22.1 Å². The number of aliphatic imine (C=N–C) groups is 1. The zero-order valence-electron chi connectivity index (χ0n) is 15.1. The van der Waals surface area contributed by atoms with Crippen molar-refractivity contribution < 1.29 is 9.53 Å². The average Bonchev–Trinajstić information content (AvgIpc) is 2.62. The molecule has 2 N–H and O–H groups in total. The summed E-state index contributed by atoms with van der Waals surface area (Å²) in [4.78, 5) is 20.8. The number of urea groups is 1. The molecule has 2 amide bonds. The van der Waals surface area contributed by atoms with Gasteiger partial charge in [-0.05, 0) is 43.2 Å². The van der Waals surface area contributed by atoms with Gasteiger partial charge in [0.1, 0.15) is 10.8 Å². The minimum atomic E-state index is -0.366. The standard InChI is InChI=1S/C18H21ClN4O2S/c1-5-12-8-17(26-11(2)20-3)21-10-15(12)23-18(24)22-13-6-7-16(25-4)14(19)9-13/h6-10H,5H2,1-4H3,(H2,22,23,24). The maximum atomic E-state index is 12.3. The first-order valence-corrected chi connectivity index (χ1v) is 9.18. The Morgan fingerprint density at radius 3 is 2.73 bits per heavy atom. The number of carbonyl (C=O) groups is 1. The molecule has 2 rings (SSSR count). The Kier molecular flexibility index (Phi) is 7.29. The number of aryl methyl sites for hydroxylation is 1. The Hall–Kier alpha value is -2.25. The van der Waals surface area contributed by atoms with Crippen LogP contribution in [0, 0.1) is 0 Å². The molecule has 0 saturated heterocycles. The van der Waals surface area contributed by atoms with Gasteiger partial charge in [-0.2, -0.15) is 0 Å². The van der Waals surface area contributed by atoms with Crippen molar-refractivity contribution in [2.45, 2.75) is 25.3 Å². The first-order chi connectivity index (χ1) is 12.5. The molecule has 138 valence electrons. The van der Waals surface area contributed by atoms with Crippen molar-refractivity contribution in [1.82, 2.24) is 4.98 Å². The molecule has 0 bridgehead atoms. The van der Waals surface area contributed by atoms with Gasteiger partial charge in [0.25, 0.3) is 0 Å². The highest BCUT2D eigenvalue weighted by atomic mass is 35.5. The summed E-state index contributed by atoms with van der Waals surface area (Å²) in [5.41, 5.74) is 2.23. The number of benzene rings is 1. The second-order valence-electron chi connectivity index (χ2n) is 5.31. The minimum Gasteiger partial charge on any atom is -0.495 e. The third-order valence-corrected chi connectivity index (χ3v) is 4.78. The number of hydrogen-bond acceptors (Lipinski definition) is 5. The zero-order chi connectivity index (χ0) is 19.1. The van der Waals surface area contributed by atoms with E-state index in [0.29, 0.717) is 22.1 Å². The van der Waals surface area contributed by atoms with Crippen molar-refractivity contribution in [2.24, 2.45) is 4.99 Å². The molecular formula is C18H21ClN4O2S. The molecule has 0 aliphatic heterocycles. The van der Waals surface area contributed by atoms with Gasteiger partial charge in [0.05, 0.1) is 29.1 Å². The molecule has 6 nitrogen and oxygen atoms in total. The normalized spacial score (nSPS) is 11.2. The van der Waals surface area contributed by atoms with E-state index in [1.54, 1.807) is 31.4 Å². The predicted molar refractivity (Wildman–Crippen MR) is 109 cm³/mol. The molecule has 0 aliphatic carbocycles. The molecule has 1 heterocycles. The lowest BCUT2D eigenvalue weighted by atomic mass is 10.2. The van der Waals surface area contributed by atoms with Gasteiger partial charge in [-0.3, -0.25) is 4.99 Å². The summed E-state index contributed by atoms with van der Waals surface area (Å²) in [5.74, 6) is 0.550. The van der Waals surface area contributed by atoms with Crippen LogP contribution in [-0.2, 0) is 6.42 Å². The van der Waals surface area contributed by atoms with Crippen LogP contribution in [-0.4, -0.2) is 30.2 Å². The van der Waals surface area contributed by atoms with E-state index < -0.39 is 0 Å². The average molecular weight is 393 g/mol. The quantitative estimate of drug-likeness (QED) is 0.422. The number of rotatable bonds is 5. The van der Waals surface area contributed by atoms with Crippen molar-refractivity contribution in [1.29, 1.82) is 0 Å². The van der Waals surface area contributed by atoms with Gasteiger partial charge in [-0.25, -0.2) is 9.78 Å². The Labute approximate surface area is 162 Å². The highest BCUT2D eigenvalue weighted by Crippen LogP contribution is 2.27. The van der Waals surface area contributed by atoms with Crippen LogP contribution in [0.5, 0.6) is 5.75 Å². The second-order valence-corrected chi connectivity index (χ2v) is 6.93. The third kappa shape index (κ3) is 5.37. The summed E-state index contributed by atoms with van der Waals surface area (Å²) in [6, 6.07) is 6.63. The maximum Gasteiger partial charge on any atom is 0.323 e. The highest BCUT2D eigenvalue weighted by Gasteiger charge is 2.10. The van der Waals surface area contributed by atoms with Crippen LogP contribution in [0.2, 0.25) is 5.02 Å². The predicted octanol–water partition coefficient (Wildman–Crippen LogP) is 5.09. The van der Waals surface area contributed by atoms with Crippen LogP contribution in [0.15, 0.2) is 40.5 Å². The smallest absolute Gasteiger partial charge is 0.323 e. The Bertz CT molecular complexity index is 827. The lowest BCUT2D eigenvalue weighted by molar-refractivity contribution is 0.262. The molecule has 0 aliphatic rings. The number of pyridine rings is 1. The zero-order valence-corrected chi connectivity index (χ0v) is 16.7. The van der Waals surface area contributed by atoms with Gasteiger partial charge in [-0.15, -0.1) is 0 Å². The topological polar surface area (TPSA) is 75.6 Å². The maximum absolute atomic E-state index is 12.3. The van der Waals surface area contributed by atoms with Gasteiger partial charge < -0.3 is 15.4 Å². The van der Waals surface area contributed by atoms with E-state index in [1.807, 2.05) is 19.9 Å². The summed E-state index contributed by atoms with van der Waals surface area (Å²) in [5, 5.41) is 7.77. The first-order valence-electron chi connectivity index (χ1n) is 7.98. The van der Waals surface area contributed by atoms with Crippen molar-refractivity contribution in [3.05, 3.63) is 41.0 Å². The number of aromatic nitrogens is 1. The van der Waals surface area contributed by atoms with Crippen LogP contribution in [0.4, 0.5) is 16.2 Å². The van der Waals surface area contributed by atoms with Crippen LogP contribution in [0.25, 0.3) is 0 Å². The van der Waals surface area contributed by atoms with Crippen LogP contribution < -0.4 is 15.4 Å². The van der Waals surface area contributed by atoms with Crippen LogP contribution >= 0.6 is 23.4 Å². The number of carbonyl (C=O) groups excluding carboxylic acids is 1. The molecule has 0 radical (unpaired) electrons. The van der Waals surface area contributed by atoms with Crippen LogP contribution in [0.3, 0.4) is 0 Å². The fraction of sp³-hybridized carbons (Fsp3) is 0.278. The fourth-order valence-electron chi connectivity index (χ4n) is 2.16. The number of nitrogens with one attached hydrogen (secondary N) is 2. The SMILES string of the molecule is CCc1cc(SC(C)=NC)ncc1NC(=O)Nc1ccc(OC)c(Cl)c1. The molecule has 0 unspecified atom stereocenters. The number of ether oxygens (including phenoxy) is 1. The number of thioether (sulfide) groups is 1. The highest BCUT2D eigenvalue weighted by molar-refractivity contribution is 8.13. The van der Waals surface area contributed by atoms with E-state index in [4.69, 9.17) is 16.3 Å². The molecule has 0 saturated carbocycles. The van der Waals surface area contributed by atoms with Crippen molar-refractivity contribution >= 4 is 45.8 Å². The summed E-state index contributed by atoms with van der Waals surface area (Å²) in [7, 11) is 3.28. The lowest BCUT2D eigenvalue weighted by Gasteiger charge is -2.12. The number of anilines is 2. The molecule has 2 aromatic rings. The van der Waals surface area contributed by atoms with Crippen molar-refractivity contribution in [3.63, 3.8) is 0 Å². The molecule has 0 atom stereocenters. The largest absolute Gasteiger partial charge is 0.495 e. The number of methoxy groups -OCH3 is 1. The van der Waals surface area contributed by atoms with Gasteiger partial charge in [-0.1, -0.05) is 30.3 Å². The third-order valence-electron chi connectivity index (χ3n) is 3.57. The molecule has 1 aromatic heterocycles. The number of hydrogen-bond donors (Lipinski definition) is 2. The molecule has 8 heteroatoms. The lowest BCUT2D eigenvalue weighted by Crippen LogP contribution is -2.20. The Balaban J connectivity index is 2.09. The van der Waals surface area contributed by atoms with Gasteiger partial charge in [0.15, 0.2) is 0 Å². The van der Waals surface area contributed by atoms with Gasteiger partial charge >= 0.3 is 6.03 Å². The monoisotopic (exact) mass is 392 g/mol. The molecule has 0 fully saturated rings. The van der Waals surface area contributed by atoms with Crippen LogP contribution in [0.1, 0.15) is 19.4 Å². The molecule has 26 heavy (non-hydrogen) atoms. The molecular weight excluding hydrogens is 372 g/mol. The summed E-state index contributed by atoms with van der Waals surface area (Å²) >= 11 is 7.57. The molecule has 0 spiro atoms. The van der Waals surface area contributed by atoms with Crippen molar-refractivity contribution in [2.75, 3.05) is 24.8 Å². The Morgan fingerprint density at radius 1 is 1.35 bits per heavy atom. The van der Waals surface area contributed by atoms with E-state index >= 15 is 0 Å². The fourth-order valence-corrected chi connectivity index (χ4v) is 3.12. The van der Waals surface area contributed by atoms with E-state index in [1.165, 1.54) is 18.9 Å². The summed E-state index contributed by atoms with van der Waals surface area (Å²) in [6.07, 6.45) is 2.42. The van der Waals surface area contributed by atoms with E-state index in [-0.39, 0.29) is 6.03 Å². The minimum absolute atomic E-state index is 0.366. The summed E-state index contributed by atoms with van der Waals surface area (Å²) in [6.45, 7) is 3.95. The van der Waals surface area contributed by atoms with Gasteiger partial charge in [0.2, 0.25) is 0 Å². The van der Waals surface area contributed by atoms with E-state index in [9.17, 15) is 4.79 Å².